The van der Waals surface area contributed by atoms with Gasteiger partial charge in [-0.25, -0.2) is 4.39 Å². The van der Waals surface area contributed by atoms with E-state index in [9.17, 15) is 9.18 Å². The van der Waals surface area contributed by atoms with E-state index in [2.05, 4.69) is 21.2 Å². The maximum Gasteiger partial charge on any atom is 0.248 e. The zero-order valence-corrected chi connectivity index (χ0v) is 21.0. The molecule has 0 unspecified atom stereocenters. The Morgan fingerprint density at radius 2 is 1.74 bits per heavy atom. The molecule has 0 saturated carbocycles. The molecule has 6 nitrogen and oxygen atoms in total. The largest absolute Gasteiger partial charge is 0.495 e. The topological polar surface area (TPSA) is 66.0 Å². The second-order valence-corrected chi connectivity index (χ2v) is 8.19. The lowest BCUT2D eigenvalue weighted by Crippen LogP contribution is -2.09. The lowest BCUT2D eigenvalue weighted by molar-refractivity contribution is -0.111. The van der Waals surface area contributed by atoms with Crippen molar-refractivity contribution in [2.24, 2.45) is 0 Å². The molecule has 3 aromatic rings. The molecule has 9 heteroatoms. The first-order chi connectivity index (χ1) is 16.4. The van der Waals surface area contributed by atoms with Crippen LogP contribution in [0.4, 0.5) is 10.1 Å². The van der Waals surface area contributed by atoms with E-state index in [1.807, 2.05) is 0 Å². The second-order valence-electron chi connectivity index (χ2n) is 6.92. The zero-order valence-electron chi connectivity index (χ0n) is 18.7. The van der Waals surface area contributed by atoms with E-state index >= 15 is 0 Å². The number of methoxy groups -OCH3 is 3. The number of hydrogen-bond acceptors (Lipinski definition) is 5. The number of ether oxygens (including phenoxy) is 4. The van der Waals surface area contributed by atoms with Gasteiger partial charge in [0.05, 0.1) is 36.5 Å². The Balaban J connectivity index is 1.75. The van der Waals surface area contributed by atoms with Crippen molar-refractivity contribution < 1.29 is 28.1 Å². The Labute approximate surface area is 210 Å². The van der Waals surface area contributed by atoms with Gasteiger partial charge in [-0.2, -0.15) is 0 Å². The van der Waals surface area contributed by atoms with Crippen molar-refractivity contribution in [3.8, 4) is 23.0 Å². The molecule has 0 aromatic heterocycles. The molecule has 0 bridgehead atoms. The number of nitrogens with one attached hydrogen (secondary N) is 1. The molecule has 0 radical (unpaired) electrons. The van der Waals surface area contributed by atoms with Gasteiger partial charge in [0, 0.05) is 23.8 Å². The van der Waals surface area contributed by atoms with Crippen molar-refractivity contribution in [2.75, 3.05) is 26.6 Å². The summed E-state index contributed by atoms with van der Waals surface area (Å²) in [5.41, 5.74) is 1.51. The molecule has 0 fully saturated rings. The maximum atomic E-state index is 13.9. The van der Waals surface area contributed by atoms with E-state index in [4.69, 9.17) is 30.5 Å². The maximum absolute atomic E-state index is 13.9. The molecule has 0 aliphatic carbocycles. The van der Waals surface area contributed by atoms with Gasteiger partial charge in [0.1, 0.15) is 23.9 Å². The van der Waals surface area contributed by atoms with Crippen molar-refractivity contribution in [3.63, 3.8) is 0 Å². The summed E-state index contributed by atoms with van der Waals surface area (Å²) < 4.78 is 36.2. The summed E-state index contributed by atoms with van der Waals surface area (Å²) in [5, 5.41) is 3.10. The number of anilines is 1. The standard InChI is InChI=1S/C25H22BrClFNO5/c1-31-21-13-20(22(32-2)12-18(21)27)29-24(30)9-8-15-10-17(26)25(23(11-15)33-3)34-14-16-6-4-5-7-19(16)28/h4-13H,14H2,1-3H3,(H,29,30)/b9-8+. The van der Waals surface area contributed by atoms with Crippen molar-refractivity contribution in [3.05, 3.63) is 81.0 Å². The Hall–Kier alpha value is -3.23. The number of amides is 1. The predicted molar refractivity (Wildman–Crippen MR) is 134 cm³/mol. The first-order valence-corrected chi connectivity index (χ1v) is 11.2. The molecule has 1 amide bonds. The number of rotatable bonds is 9. The first-order valence-electron chi connectivity index (χ1n) is 10.0. The molecule has 1 N–H and O–H groups in total. The van der Waals surface area contributed by atoms with Crippen LogP contribution in [-0.2, 0) is 11.4 Å². The van der Waals surface area contributed by atoms with Crippen LogP contribution in [0.3, 0.4) is 0 Å². The summed E-state index contributed by atoms with van der Waals surface area (Å²) >= 11 is 9.56. The SMILES string of the molecule is COc1cc(NC(=O)/C=C/c2cc(Br)c(OCc3ccccc3F)c(OC)c2)c(OC)cc1Cl. The average Bonchev–Trinajstić information content (AvgIpc) is 2.83. The van der Waals surface area contributed by atoms with Crippen molar-refractivity contribution in [2.45, 2.75) is 6.61 Å². The number of benzene rings is 3. The molecule has 3 rings (SSSR count). The number of hydrogen-bond donors (Lipinski definition) is 1. The van der Waals surface area contributed by atoms with Crippen LogP contribution in [0.15, 0.2) is 59.1 Å². The summed E-state index contributed by atoms with van der Waals surface area (Å²) in [7, 11) is 4.45. The van der Waals surface area contributed by atoms with Crippen LogP contribution < -0.4 is 24.3 Å². The minimum absolute atomic E-state index is 0.0333. The van der Waals surface area contributed by atoms with E-state index in [0.717, 1.165) is 0 Å². The smallest absolute Gasteiger partial charge is 0.248 e. The molecule has 0 aliphatic heterocycles. The van der Waals surface area contributed by atoms with Crippen LogP contribution in [0.5, 0.6) is 23.0 Å². The van der Waals surface area contributed by atoms with Crippen LogP contribution in [0.2, 0.25) is 5.02 Å². The highest BCUT2D eigenvalue weighted by molar-refractivity contribution is 9.10. The van der Waals surface area contributed by atoms with Gasteiger partial charge in [0.15, 0.2) is 11.5 Å². The van der Waals surface area contributed by atoms with E-state index in [0.29, 0.717) is 49.3 Å². The van der Waals surface area contributed by atoms with Crippen LogP contribution in [-0.4, -0.2) is 27.2 Å². The molecule has 0 aliphatic rings. The molecule has 34 heavy (non-hydrogen) atoms. The van der Waals surface area contributed by atoms with Gasteiger partial charge in [-0.3, -0.25) is 4.79 Å². The fourth-order valence-electron chi connectivity index (χ4n) is 3.05. The second kappa shape index (κ2) is 11.8. The van der Waals surface area contributed by atoms with Crippen LogP contribution in [0.25, 0.3) is 6.08 Å². The first kappa shape index (κ1) is 25.4. The van der Waals surface area contributed by atoms with Gasteiger partial charge >= 0.3 is 0 Å². The third kappa shape index (κ3) is 6.21. The van der Waals surface area contributed by atoms with E-state index in [1.54, 1.807) is 48.5 Å². The number of carbonyl (C=O) groups is 1. The molecule has 3 aromatic carbocycles. The van der Waals surface area contributed by atoms with Gasteiger partial charge in [0.25, 0.3) is 0 Å². The van der Waals surface area contributed by atoms with E-state index in [1.165, 1.54) is 33.5 Å². The van der Waals surface area contributed by atoms with Gasteiger partial charge in [-0.15, -0.1) is 0 Å². The van der Waals surface area contributed by atoms with Crippen LogP contribution >= 0.6 is 27.5 Å². The minimum Gasteiger partial charge on any atom is -0.495 e. The summed E-state index contributed by atoms with van der Waals surface area (Å²) in [6.07, 6.45) is 2.98. The molecular formula is C25H22BrClFNO5. The molecule has 178 valence electrons. The summed E-state index contributed by atoms with van der Waals surface area (Å²) in [6.45, 7) is 0.0333. The summed E-state index contributed by atoms with van der Waals surface area (Å²) in [4.78, 5) is 12.5. The monoisotopic (exact) mass is 549 g/mol. The highest BCUT2D eigenvalue weighted by atomic mass is 79.9. The Kier molecular flexibility index (Phi) is 8.79. The molecular weight excluding hydrogens is 529 g/mol. The minimum atomic E-state index is -0.391. The summed E-state index contributed by atoms with van der Waals surface area (Å²) in [5.74, 6) is 0.908. The van der Waals surface area contributed by atoms with Gasteiger partial charge in [-0.05, 0) is 45.8 Å². The fraction of sp³-hybridized carbons (Fsp3) is 0.160. The third-order valence-electron chi connectivity index (χ3n) is 4.74. The fourth-order valence-corrected chi connectivity index (χ4v) is 3.85. The Morgan fingerprint density at radius 1 is 1.03 bits per heavy atom. The molecule has 0 saturated heterocycles. The van der Waals surface area contributed by atoms with Gasteiger partial charge in [0.2, 0.25) is 5.91 Å². The normalized spacial score (nSPS) is 10.8. The van der Waals surface area contributed by atoms with E-state index < -0.39 is 5.91 Å². The van der Waals surface area contributed by atoms with Crippen LogP contribution in [0, 0.1) is 5.82 Å². The molecule has 0 heterocycles. The highest BCUT2D eigenvalue weighted by Crippen LogP contribution is 2.38. The quantitative estimate of drug-likeness (QED) is 0.308. The van der Waals surface area contributed by atoms with Gasteiger partial charge < -0.3 is 24.3 Å². The third-order valence-corrected chi connectivity index (χ3v) is 5.62. The predicted octanol–water partition coefficient (Wildman–Crippen LogP) is 6.50. The molecule has 0 atom stereocenters. The highest BCUT2D eigenvalue weighted by Gasteiger charge is 2.14. The zero-order chi connectivity index (χ0) is 24.7. The van der Waals surface area contributed by atoms with Crippen LogP contribution in [0.1, 0.15) is 11.1 Å². The van der Waals surface area contributed by atoms with Crippen molar-refractivity contribution in [1.29, 1.82) is 0 Å². The average molecular weight is 551 g/mol. The van der Waals surface area contributed by atoms with E-state index in [-0.39, 0.29) is 12.4 Å². The lowest BCUT2D eigenvalue weighted by Gasteiger charge is -2.14. The van der Waals surface area contributed by atoms with Gasteiger partial charge in [-0.1, -0.05) is 29.8 Å². The van der Waals surface area contributed by atoms with Crippen molar-refractivity contribution in [1.82, 2.24) is 0 Å². The number of carbonyl (C=O) groups excluding carboxylic acids is 1. The van der Waals surface area contributed by atoms with Crippen molar-refractivity contribution >= 4 is 45.2 Å². The summed E-state index contributed by atoms with van der Waals surface area (Å²) in [6, 6.07) is 13.0. The molecule has 0 spiro atoms. The Morgan fingerprint density at radius 3 is 2.41 bits per heavy atom. The Bertz CT molecular complexity index is 1220. The lowest BCUT2D eigenvalue weighted by atomic mass is 10.1. The number of halogens is 3.